The van der Waals surface area contributed by atoms with Crippen molar-refractivity contribution in [3.63, 3.8) is 0 Å². The molecule has 2 heterocycles. The third-order valence-corrected chi connectivity index (χ3v) is 6.89. The first kappa shape index (κ1) is 19.1. The minimum absolute atomic E-state index is 0.0753. The summed E-state index contributed by atoms with van der Waals surface area (Å²) in [5.74, 6) is 0.611. The average molecular weight is 420 g/mol. The molecule has 3 aromatic rings. The fraction of sp³-hybridized carbons (Fsp3) is 0.333. The Morgan fingerprint density at radius 2 is 1.93 bits per heavy atom. The van der Waals surface area contributed by atoms with Crippen molar-refractivity contribution < 1.29 is 9.53 Å². The largest absolute Gasteiger partial charge is 0.482 e. The molecule has 5 nitrogen and oxygen atoms in total. The van der Waals surface area contributed by atoms with E-state index in [0.717, 1.165) is 33.2 Å². The SMILES string of the molecule is Cc1ccc(N=c2scc(-c3ccc4c(c3)NC(=O)CO4)n2C2CCCC2)cc1C. The lowest BCUT2D eigenvalue weighted by molar-refractivity contribution is -0.118. The quantitative estimate of drug-likeness (QED) is 0.608. The molecule has 1 fully saturated rings. The summed E-state index contributed by atoms with van der Waals surface area (Å²) in [4.78, 5) is 17.8. The molecule has 1 amide bonds. The number of carbonyl (C=O) groups excluding carboxylic acids is 1. The Kier molecular flexibility index (Phi) is 4.95. The van der Waals surface area contributed by atoms with Crippen molar-refractivity contribution >= 4 is 28.6 Å². The molecule has 1 aliphatic carbocycles. The van der Waals surface area contributed by atoms with E-state index in [4.69, 9.17) is 9.73 Å². The van der Waals surface area contributed by atoms with Crippen molar-refractivity contribution in [2.24, 2.45) is 4.99 Å². The highest BCUT2D eigenvalue weighted by atomic mass is 32.1. The number of aromatic nitrogens is 1. The van der Waals surface area contributed by atoms with Crippen LogP contribution in [-0.4, -0.2) is 17.1 Å². The summed E-state index contributed by atoms with van der Waals surface area (Å²) in [6.07, 6.45) is 4.86. The summed E-state index contributed by atoms with van der Waals surface area (Å²) in [5.41, 5.74) is 6.49. The Labute approximate surface area is 180 Å². The third-order valence-electron chi connectivity index (χ3n) is 6.05. The van der Waals surface area contributed by atoms with Gasteiger partial charge in [0.25, 0.3) is 5.91 Å². The highest BCUT2D eigenvalue weighted by Crippen LogP contribution is 2.37. The Balaban J connectivity index is 1.63. The van der Waals surface area contributed by atoms with Crippen LogP contribution in [0.15, 0.2) is 46.8 Å². The summed E-state index contributed by atoms with van der Waals surface area (Å²) < 4.78 is 7.93. The normalized spacial score (nSPS) is 17.0. The molecule has 0 radical (unpaired) electrons. The molecule has 154 valence electrons. The fourth-order valence-corrected chi connectivity index (χ4v) is 5.26. The Bertz CT molecular complexity index is 1190. The van der Waals surface area contributed by atoms with Crippen LogP contribution in [0.25, 0.3) is 11.3 Å². The second-order valence-corrected chi connectivity index (χ2v) is 8.98. The number of fused-ring (bicyclic) bond motifs is 1. The smallest absolute Gasteiger partial charge is 0.262 e. The Hall–Kier alpha value is -2.86. The van der Waals surface area contributed by atoms with Gasteiger partial charge in [0.05, 0.1) is 17.1 Å². The standard InChI is InChI=1S/C24H25N3O2S/c1-15-7-9-18(11-16(15)2)25-24-27(19-5-3-4-6-19)21(14-30-24)17-8-10-22-20(12-17)26-23(28)13-29-22/h7-12,14,19H,3-6,13H2,1-2H3,(H,26,28). The van der Waals surface area contributed by atoms with Crippen LogP contribution in [-0.2, 0) is 4.79 Å². The van der Waals surface area contributed by atoms with Gasteiger partial charge < -0.3 is 14.6 Å². The molecule has 1 saturated carbocycles. The van der Waals surface area contributed by atoms with Gasteiger partial charge in [0, 0.05) is 17.0 Å². The first-order valence-electron chi connectivity index (χ1n) is 10.5. The van der Waals surface area contributed by atoms with Crippen LogP contribution in [0.4, 0.5) is 11.4 Å². The lowest BCUT2D eigenvalue weighted by Gasteiger charge is -2.20. The van der Waals surface area contributed by atoms with Gasteiger partial charge in [-0.3, -0.25) is 4.79 Å². The van der Waals surface area contributed by atoms with E-state index >= 15 is 0 Å². The lowest BCUT2D eigenvalue weighted by Crippen LogP contribution is -2.25. The van der Waals surface area contributed by atoms with Crippen LogP contribution in [0.2, 0.25) is 0 Å². The second-order valence-electron chi connectivity index (χ2n) is 8.14. The number of benzene rings is 2. The molecule has 0 bridgehead atoms. The first-order valence-corrected chi connectivity index (χ1v) is 11.4. The van der Waals surface area contributed by atoms with Crippen LogP contribution in [0.5, 0.6) is 5.75 Å². The van der Waals surface area contributed by atoms with Crippen molar-refractivity contribution in [1.29, 1.82) is 0 Å². The molecular weight excluding hydrogens is 394 g/mol. The van der Waals surface area contributed by atoms with Crippen LogP contribution >= 0.6 is 11.3 Å². The van der Waals surface area contributed by atoms with Crippen LogP contribution in [0.1, 0.15) is 42.9 Å². The highest BCUT2D eigenvalue weighted by molar-refractivity contribution is 7.07. The van der Waals surface area contributed by atoms with E-state index in [1.807, 2.05) is 12.1 Å². The lowest BCUT2D eigenvalue weighted by atomic mass is 10.1. The molecule has 0 spiro atoms. The van der Waals surface area contributed by atoms with Gasteiger partial charge in [-0.05, 0) is 68.1 Å². The number of thiazole rings is 1. The number of amides is 1. The molecule has 5 rings (SSSR count). The molecule has 2 aliphatic rings. The summed E-state index contributed by atoms with van der Waals surface area (Å²) in [5, 5.41) is 5.11. The number of nitrogens with one attached hydrogen (secondary N) is 1. The Morgan fingerprint density at radius 3 is 2.73 bits per heavy atom. The maximum atomic E-state index is 11.8. The summed E-state index contributed by atoms with van der Waals surface area (Å²) in [7, 11) is 0. The number of rotatable bonds is 3. The highest BCUT2D eigenvalue weighted by Gasteiger charge is 2.23. The van der Waals surface area contributed by atoms with E-state index in [1.165, 1.54) is 36.8 Å². The molecule has 1 N–H and O–H groups in total. The molecule has 30 heavy (non-hydrogen) atoms. The topological polar surface area (TPSA) is 55.6 Å². The maximum absolute atomic E-state index is 11.8. The number of aryl methyl sites for hydroxylation is 2. The van der Waals surface area contributed by atoms with Crippen LogP contribution in [0.3, 0.4) is 0 Å². The molecule has 0 unspecified atom stereocenters. The second kappa shape index (κ2) is 7.76. The average Bonchev–Trinajstić information content (AvgIpc) is 3.40. The van der Waals surface area contributed by atoms with Crippen molar-refractivity contribution in [2.45, 2.75) is 45.6 Å². The van der Waals surface area contributed by atoms with Gasteiger partial charge in [0.2, 0.25) is 0 Å². The number of hydrogen-bond donors (Lipinski definition) is 1. The number of hydrogen-bond acceptors (Lipinski definition) is 4. The van der Waals surface area contributed by atoms with E-state index in [9.17, 15) is 4.79 Å². The van der Waals surface area contributed by atoms with E-state index in [0.29, 0.717) is 6.04 Å². The van der Waals surface area contributed by atoms with Crippen molar-refractivity contribution in [1.82, 2.24) is 4.57 Å². The summed E-state index contributed by atoms with van der Waals surface area (Å²) in [6.45, 7) is 4.33. The van der Waals surface area contributed by atoms with Crippen LogP contribution in [0, 0.1) is 13.8 Å². The van der Waals surface area contributed by atoms with Crippen molar-refractivity contribution in [3.05, 3.63) is 57.7 Å². The molecule has 0 saturated heterocycles. The van der Waals surface area contributed by atoms with E-state index in [1.54, 1.807) is 11.3 Å². The zero-order valence-electron chi connectivity index (χ0n) is 17.3. The number of anilines is 1. The third kappa shape index (κ3) is 3.56. The predicted molar refractivity (Wildman–Crippen MR) is 121 cm³/mol. The zero-order valence-corrected chi connectivity index (χ0v) is 18.1. The van der Waals surface area contributed by atoms with Crippen LogP contribution < -0.4 is 14.9 Å². The van der Waals surface area contributed by atoms with Gasteiger partial charge in [-0.1, -0.05) is 18.9 Å². The van der Waals surface area contributed by atoms with Gasteiger partial charge >= 0.3 is 0 Å². The van der Waals surface area contributed by atoms with Gasteiger partial charge in [-0.2, -0.15) is 0 Å². The summed E-state index contributed by atoms with van der Waals surface area (Å²) >= 11 is 1.68. The maximum Gasteiger partial charge on any atom is 0.262 e. The zero-order chi connectivity index (χ0) is 20.7. The van der Waals surface area contributed by atoms with Crippen molar-refractivity contribution in [2.75, 3.05) is 11.9 Å². The molecule has 0 atom stereocenters. The van der Waals surface area contributed by atoms with Gasteiger partial charge in [-0.25, -0.2) is 4.99 Å². The molecule has 1 aliphatic heterocycles. The van der Waals surface area contributed by atoms with Crippen molar-refractivity contribution in [3.8, 4) is 17.0 Å². The number of nitrogens with zero attached hydrogens (tertiary/aromatic N) is 2. The van der Waals surface area contributed by atoms with Gasteiger partial charge in [0.1, 0.15) is 5.75 Å². The minimum Gasteiger partial charge on any atom is -0.482 e. The van der Waals surface area contributed by atoms with Gasteiger partial charge in [-0.15, -0.1) is 11.3 Å². The number of ether oxygens (including phenoxy) is 1. The number of carbonyl (C=O) groups is 1. The Morgan fingerprint density at radius 1 is 1.10 bits per heavy atom. The van der Waals surface area contributed by atoms with E-state index in [-0.39, 0.29) is 12.5 Å². The van der Waals surface area contributed by atoms with E-state index < -0.39 is 0 Å². The molecule has 1 aromatic heterocycles. The fourth-order valence-electron chi connectivity index (χ4n) is 4.28. The summed E-state index contributed by atoms with van der Waals surface area (Å²) in [6, 6.07) is 12.9. The molecule has 6 heteroatoms. The monoisotopic (exact) mass is 419 g/mol. The van der Waals surface area contributed by atoms with E-state index in [2.05, 4.69) is 53.4 Å². The first-order chi connectivity index (χ1) is 14.6. The molecule has 2 aromatic carbocycles. The minimum atomic E-state index is -0.112. The van der Waals surface area contributed by atoms with Gasteiger partial charge in [0.15, 0.2) is 11.4 Å². The molecular formula is C24H25N3O2S. The predicted octanol–water partition coefficient (Wildman–Crippen LogP) is 5.51.